The number of hydrogen-bond acceptors (Lipinski definition) is 3. The molecule has 0 radical (unpaired) electrons. The molecule has 0 saturated carbocycles. The number of ketones is 1. The Morgan fingerprint density at radius 1 is 1.04 bits per heavy atom. The highest BCUT2D eigenvalue weighted by Gasteiger charge is 2.07. The molecule has 0 aromatic heterocycles. The number of benzene rings is 2. The van der Waals surface area contributed by atoms with E-state index in [2.05, 4.69) is 9.80 Å². The topological polar surface area (TPSA) is 23.6 Å². The lowest BCUT2D eigenvalue weighted by molar-refractivity contribution is 0.104. The van der Waals surface area contributed by atoms with Crippen LogP contribution in [0, 0.1) is 5.82 Å². The highest BCUT2D eigenvalue weighted by Crippen LogP contribution is 2.16. The molecule has 2 aromatic carbocycles. The van der Waals surface area contributed by atoms with Crippen molar-refractivity contribution in [1.29, 1.82) is 0 Å². The third-order valence-corrected chi connectivity index (χ3v) is 3.77. The maximum atomic E-state index is 13.6. The maximum Gasteiger partial charge on any atom is 0.185 e. The van der Waals surface area contributed by atoms with Gasteiger partial charge in [0, 0.05) is 37.0 Å². The number of hydrogen-bond donors (Lipinski definition) is 0. The number of likely N-dealkylation sites (N-methyl/N-ethyl adjacent to an activating group) is 2. The van der Waals surface area contributed by atoms with Crippen LogP contribution in [-0.2, 0) is 0 Å². The van der Waals surface area contributed by atoms with Gasteiger partial charge in [-0.05, 0) is 44.4 Å². The maximum absolute atomic E-state index is 13.6. The van der Waals surface area contributed by atoms with Gasteiger partial charge in [0.1, 0.15) is 5.82 Å². The number of rotatable bonds is 7. The third-order valence-electron chi connectivity index (χ3n) is 3.77. The Kier molecular flexibility index (Phi) is 6.27. The zero-order valence-corrected chi connectivity index (χ0v) is 14.4. The summed E-state index contributed by atoms with van der Waals surface area (Å²) in [7, 11) is 6.06. The molecular formula is C20H23FN2O. The summed E-state index contributed by atoms with van der Waals surface area (Å²) in [5, 5.41) is 0. The van der Waals surface area contributed by atoms with E-state index >= 15 is 0 Å². The predicted octanol–water partition coefficient (Wildman–Crippen LogP) is 3.72. The van der Waals surface area contributed by atoms with Crippen LogP contribution >= 0.6 is 0 Å². The zero-order chi connectivity index (χ0) is 17.5. The summed E-state index contributed by atoms with van der Waals surface area (Å²) in [5.41, 5.74) is 1.99. The van der Waals surface area contributed by atoms with Gasteiger partial charge in [-0.15, -0.1) is 0 Å². The van der Waals surface area contributed by atoms with Crippen LogP contribution < -0.4 is 4.90 Å². The molecule has 4 heteroatoms. The molecule has 0 aliphatic rings. The number of allylic oxidation sites excluding steroid dienone is 1. The van der Waals surface area contributed by atoms with Crippen molar-refractivity contribution in [3.8, 4) is 0 Å². The Hall–Kier alpha value is -2.46. The number of carbonyl (C=O) groups excluding carboxylic acids is 1. The van der Waals surface area contributed by atoms with Crippen molar-refractivity contribution in [2.75, 3.05) is 39.1 Å². The highest BCUT2D eigenvalue weighted by molar-refractivity contribution is 6.07. The van der Waals surface area contributed by atoms with Crippen molar-refractivity contribution >= 4 is 17.5 Å². The summed E-state index contributed by atoms with van der Waals surface area (Å²) in [4.78, 5) is 16.6. The summed E-state index contributed by atoms with van der Waals surface area (Å²) in [6, 6.07) is 13.9. The van der Waals surface area contributed by atoms with Crippen LogP contribution in [0.15, 0.2) is 54.6 Å². The van der Waals surface area contributed by atoms with Gasteiger partial charge in [-0.25, -0.2) is 4.39 Å². The van der Waals surface area contributed by atoms with Crippen molar-refractivity contribution in [3.05, 3.63) is 71.6 Å². The van der Waals surface area contributed by atoms with Crippen molar-refractivity contribution in [2.45, 2.75) is 0 Å². The smallest absolute Gasteiger partial charge is 0.185 e. The largest absolute Gasteiger partial charge is 0.373 e. The van der Waals surface area contributed by atoms with E-state index in [1.807, 2.05) is 39.3 Å². The van der Waals surface area contributed by atoms with Crippen LogP contribution in [-0.4, -0.2) is 44.9 Å². The standard InChI is InChI=1S/C20H23FN2O/c1-22(2)13-14-23(3)18-9-6-8-17(15-18)20(24)12-11-16-7-4-5-10-19(16)21/h4-12,15H,13-14H2,1-3H3. The molecule has 126 valence electrons. The fourth-order valence-electron chi connectivity index (χ4n) is 2.25. The minimum Gasteiger partial charge on any atom is -0.373 e. The van der Waals surface area contributed by atoms with E-state index in [0.717, 1.165) is 18.8 Å². The second-order valence-electron chi connectivity index (χ2n) is 5.99. The average Bonchev–Trinajstić information content (AvgIpc) is 2.58. The Morgan fingerprint density at radius 3 is 2.50 bits per heavy atom. The summed E-state index contributed by atoms with van der Waals surface area (Å²) in [5.74, 6) is -0.472. The van der Waals surface area contributed by atoms with Gasteiger partial charge in [0.2, 0.25) is 0 Å². The van der Waals surface area contributed by atoms with Gasteiger partial charge in [-0.2, -0.15) is 0 Å². The molecule has 0 atom stereocenters. The molecule has 0 N–H and O–H groups in total. The summed E-state index contributed by atoms with van der Waals surface area (Å²) < 4.78 is 13.6. The fourth-order valence-corrected chi connectivity index (χ4v) is 2.25. The first-order valence-electron chi connectivity index (χ1n) is 7.90. The Labute approximate surface area is 143 Å². The second-order valence-corrected chi connectivity index (χ2v) is 5.99. The number of anilines is 1. The molecule has 0 unspecified atom stereocenters. The van der Waals surface area contributed by atoms with E-state index in [0.29, 0.717) is 11.1 Å². The fraction of sp³-hybridized carbons (Fsp3) is 0.250. The highest BCUT2D eigenvalue weighted by atomic mass is 19.1. The molecular weight excluding hydrogens is 303 g/mol. The number of nitrogens with zero attached hydrogens (tertiary/aromatic N) is 2. The van der Waals surface area contributed by atoms with E-state index in [1.54, 1.807) is 24.3 Å². The molecule has 0 fully saturated rings. The van der Waals surface area contributed by atoms with Crippen LogP contribution in [0.5, 0.6) is 0 Å². The first-order chi connectivity index (χ1) is 11.5. The van der Waals surface area contributed by atoms with Crippen LogP contribution in [0.3, 0.4) is 0 Å². The van der Waals surface area contributed by atoms with Crippen molar-refractivity contribution in [1.82, 2.24) is 4.90 Å². The molecule has 0 saturated heterocycles. The summed E-state index contributed by atoms with van der Waals surface area (Å²) in [6.07, 6.45) is 2.93. The second kappa shape index (κ2) is 8.41. The number of carbonyl (C=O) groups is 1. The molecule has 0 amide bonds. The van der Waals surface area contributed by atoms with Gasteiger partial charge >= 0.3 is 0 Å². The zero-order valence-electron chi connectivity index (χ0n) is 14.4. The molecule has 0 heterocycles. The Bertz CT molecular complexity index is 725. The van der Waals surface area contributed by atoms with Crippen LogP contribution in [0.2, 0.25) is 0 Å². The van der Waals surface area contributed by atoms with Gasteiger partial charge in [-0.1, -0.05) is 30.3 Å². The molecule has 24 heavy (non-hydrogen) atoms. The normalized spacial score (nSPS) is 11.2. The monoisotopic (exact) mass is 326 g/mol. The van der Waals surface area contributed by atoms with Crippen molar-refractivity contribution < 1.29 is 9.18 Å². The summed E-state index contributed by atoms with van der Waals surface area (Å²) >= 11 is 0. The van der Waals surface area contributed by atoms with E-state index in [4.69, 9.17) is 0 Å². The van der Waals surface area contributed by atoms with Crippen molar-refractivity contribution in [3.63, 3.8) is 0 Å². The lowest BCUT2D eigenvalue weighted by atomic mass is 10.1. The lowest BCUT2D eigenvalue weighted by Gasteiger charge is -2.21. The quantitative estimate of drug-likeness (QED) is 0.572. The Balaban J connectivity index is 2.10. The first kappa shape index (κ1) is 17.9. The lowest BCUT2D eigenvalue weighted by Crippen LogP contribution is -2.28. The van der Waals surface area contributed by atoms with Crippen LogP contribution in [0.25, 0.3) is 6.08 Å². The SMILES string of the molecule is CN(C)CCN(C)c1cccc(C(=O)C=Cc2ccccc2F)c1. The van der Waals surface area contributed by atoms with Crippen LogP contribution in [0.1, 0.15) is 15.9 Å². The van der Waals surface area contributed by atoms with Crippen molar-refractivity contribution in [2.24, 2.45) is 0 Å². The minimum absolute atomic E-state index is 0.138. The third kappa shape index (κ3) is 5.03. The first-order valence-corrected chi connectivity index (χ1v) is 7.90. The summed E-state index contributed by atoms with van der Waals surface area (Å²) in [6.45, 7) is 1.80. The predicted molar refractivity (Wildman–Crippen MR) is 98.0 cm³/mol. The van der Waals surface area contributed by atoms with Gasteiger partial charge in [-0.3, -0.25) is 4.79 Å². The molecule has 0 spiro atoms. The van der Waals surface area contributed by atoms with Gasteiger partial charge in [0.05, 0.1) is 0 Å². The van der Waals surface area contributed by atoms with E-state index in [1.165, 1.54) is 18.2 Å². The van der Waals surface area contributed by atoms with Crippen LogP contribution in [0.4, 0.5) is 10.1 Å². The molecule has 0 bridgehead atoms. The minimum atomic E-state index is -0.335. The van der Waals surface area contributed by atoms with E-state index in [9.17, 15) is 9.18 Å². The molecule has 0 aliphatic heterocycles. The average molecular weight is 326 g/mol. The molecule has 2 rings (SSSR count). The molecule has 3 nitrogen and oxygen atoms in total. The van der Waals surface area contributed by atoms with Gasteiger partial charge < -0.3 is 9.80 Å². The Morgan fingerprint density at radius 2 is 1.79 bits per heavy atom. The molecule has 0 aliphatic carbocycles. The van der Waals surface area contributed by atoms with E-state index < -0.39 is 0 Å². The number of halogens is 1. The van der Waals surface area contributed by atoms with E-state index in [-0.39, 0.29) is 11.6 Å². The molecule has 2 aromatic rings. The van der Waals surface area contributed by atoms with Gasteiger partial charge in [0.25, 0.3) is 0 Å². The van der Waals surface area contributed by atoms with Gasteiger partial charge in [0.15, 0.2) is 5.78 Å².